The van der Waals surface area contributed by atoms with Crippen LogP contribution in [0.1, 0.15) is 18.7 Å². The standard InChI is InChI=1S/C18H14F3N3O3/c1-10-14(16(25)27-9-18(19,20)21)15(13-7-4-8-26-13)24-12-6-3-2-5-11(12)23-17(24)22-10/h2-8,15H,9H2,1H3,(H,22,23)/t15-/m1/s1. The molecule has 1 atom stereocenters. The second-order valence-electron chi connectivity index (χ2n) is 6.07. The predicted octanol–water partition coefficient (Wildman–Crippen LogP) is 4.02. The van der Waals surface area contributed by atoms with Gasteiger partial charge in [0, 0.05) is 5.70 Å². The highest BCUT2D eigenvalue weighted by molar-refractivity contribution is 5.93. The van der Waals surface area contributed by atoms with Crippen molar-refractivity contribution in [1.82, 2.24) is 9.55 Å². The van der Waals surface area contributed by atoms with E-state index in [-0.39, 0.29) is 5.57 Å². The number of hydrogen-bond donors (Lipinski definition) is 1. The number of allylic oxidation sites excluding steroid dienone is 1. The number of nitrogens with zero attached hydrogens (tertiary/aromatic N) is 2. The summed E-state index contributed by atoms with van der Waals surface area (Å²) in [6.45, 7) is -0.0754. The molecule has 4 rings (SSSR count). The van der Waals surface area contributed by atoms with Gasteiger partial charge in [-0.25, -0.2) is 9.78 Å². The van der Waals surface area contributed by atoms with Crippen molar-refractivity contribution >= 4 is 23.0 Å². The van der Waals surface area contributed by atoms with Crippen molar-refractivity contribution in [1.29, 1.82) is 0 Å². The van der Waals surface area contributed by atoms with Gasteiger partial charge < -0.3 is 14.5 Å². The van der Waals surface area contributed by atoms with Crippen LogP contribution in [0.4, 0.5) is 19.1 Å². The van der Waals surface area contributed by atoms with Gasteiger partial charge in [0.2, 0.25) is 5.95 Å². The van der Waals surface area contributed by atoms with Gasteiger partial charge >= 0.3 is 12.1 Å². The van der Waals surface area contributed by atoms with Crippen LogP contribution in [0, 0.1) is 0 Å². The summed E-state index contributed by atoms with van der Waals surface area (Å²) in [7, 11) is 0. The van der Waals surface area contributed by atoms with Gasteiger partial charge in [-0.3, -0.25) is 4.57 Å². The molecule has 140 valence electrons. The van der Waals surface area contributed by atoms with E-state index in [0.717, 1.165) is 0 Å². The van der Waals surface area contributed by atoms with Crippen LogP contribution in [0.5, 0.6) is 0 Å². The summed E-state index contributed by atoms with van der Waals surface area (Å²) in [4.78, 5) is 17.0. The normalized spacial score (nSPS) is 17.0. The largest absolute Gasteiger partial charge is 0.467 e. The topological polar surface area (TPSA) is 69.3 Å². The highest BCUT2D eigenvalue weighted by atomic mass is 19.4. The number of ether oxygens (including phenoxy) is 1. The number of esters is 1. The van der Waals surface area contributed by atoms with Crippen LogP contribution < -0.4 is 5.32 Å². The molecule has 0 bridgehead atoms. The minimum Gasteiger partial charge on any atom is -0.467 e. The fourth-order valence-corrected chi connectivity index (χ4v) is 3.17. The summed E-state index contributed by atoms with van der Waals surface area (Å²) in [6.07, 6.45) is -3.18. The van der Waals surface area contributed by atoms with Crippen molar-refractivity contribution in [2.45, 2.75) is 19.1 Å². The Balaban J connectivity index is 1.84. The minimum absolute atomic E-state index is 0.0323. The quantitative estimate of drug-likeness (QED) is 0.698. The number of nitrogens with one attached hydrogen (secondary N) is 1. The molecule has 1 aliphatic heterocycles. The summed E-state index contributed by atoms with van der Waals surface area (Å²) < 4.78 is 49.2. The average molecular weight is 377 g/mol. The van der Waals surface area contributed by atoms with E-state index >= 15 is 0 Å². The molecule has 3 heterocycles. The number of carbonyl (C=O) groups is 1. The molecule has 27 heavy (non-hydrogen) atoms. The Kier molecular flexibility index (Phi) is 3.94. The fraction of sp³-hybridized carbons (Fsp3) is 0.222. The molecule has 0 unspecified atom stereocenters. The number of halogens is 3. The number of furan rings is 1. The highest BCUT2D eigenvalue weighted by Gasteiger charge is 2.38. The second-order valence-corrected chi connectivity index (χ2v) is 6.07. The lowest BCUT2D eigenvalue weighted by Crippen LogP contribution is -2.30. The van der Waals surface area contributed by atoms with Crippen LogP contribution in [-0.4, -0.2) is 28.3 Å². The van der Waals surface area contributed by atoms with Crippen molar-refractivity contribution in [3.8, 4) is 0 Å². The molecule has 0 saturated heterocycles. The van der Waals surface area contributed by atoms with E-state index < -0.39 is 24.8 Å². The molecule has 2 aromatic heterocycles. The van der Waals surface area contributed by atoms with E-state index in [9.17, 15) is 18.0 Å². The van der Waals surface area contributed by atoms with Gasteiger partial charge in [0.15, 0.2) is 6.61 Å². The first-order chi connectivity index (χ1) is 12.8. The molecule has 3 aromatic rings. The lowest BCUT2D eigenvalue weighted by Gasteiger charge is -2.28. The number of para-hydroxylation sites is 2. The number of fused-ring (bicyclic) bond motifs is 3. The van der Waals surface area contributed by atoms with E-state index in [0.29, 0.717) is 28.4 Å². The van der Waals surface area contributed by atoms with Gasteiger partial charge in [0.1, 0.15) is 11.8 Å². The number of aromatic nitrogens is 2. The Bertz CT molecular complexity index is 1040. The Hall–Kier alpha value is -3.23. The molecule has 0 spiro atoms. The third kappa shape index (κ3) is 3.05. The summed E-state index contributed by atoms with van der Waals surface area (Å²) in [5, 5.41) is 2.98. The molecule has 0 aliphatic carbocycles. The predicted molar refractivity (Wildman–Crippen MR) is 89.9 cm³/mol. The van der Waals surface area contributed by atoms with Gasteiger partial charge in [-0.05, 0) is 31.2 Å². The molecule has 0 amide bonds. The summed E-state index contributed by atoms with van der Waals surface area (Å²) >= 11 is 0. The molecular weight excluding hydrogens is 363 g/mol. The van der Waals surface area contributed by atoms with Crippen molar-refractivity contribution in [3.05, 3.63) is 59.7 Å². The van der Waals surface area contributed by atoms with Gasteiger partial charge in [-0.1, -0.05) is 12.1 Å². The number of hydrogen-bond acceptors (Lipinski definition) is 5. The zero-order valence-electron chi connectivity index (χ0n) is 14.1. The number of alkyl halides is 3. The number of rotatable bonds is 3. The zero-order valence-corrected chi connectivity index (χ0v) is 14.1. The van der Waals surface area contributed by atoms with Crippen LogP contribution in [0.2, 0.25) is 0 Å². The van der Waals surface area contributed by atoms with Crippen LogP contribution in [-0.2, 0) is 9.53 Å². The van der Waals surface area contributed by atoms with Crippen molar-refractivity contribution < 1.29 is 27.1 Å². The molecule has 0 saturated carbocycles. The lowest BCUT2D eigenvalue weighted by atomic mass is 10.0. The van der Waals surface area contributed by atoms with Crippen LogP contribution in [0.3, 0.4) is 0 Å². The zero-order chi connectivity index (χ0) is 19.2. The smallest absolute Gasteiger partial charge is 0.422 e. The third-order valence-electron chi connectivity index (χ3n) is 4.23. The SMILES string of the molecule is CC1=C(C(=O)OCC(F)(F)F)[C@@H](c2ccco2)n2c(nc3ccccc32)N1. The number of carbonyl (C=O) groups excluding carboxylic acids is 1. The maximum Gasteiger partial charge on any atom is 0.422 e. The van der Waals surface area contributed by atoms with Crippen molar-refractivity contribution in [2.24, 2.45) is 0 Å². The Morgan fingerprint density at radius 1 is 1.30 bits per heavy atom. The summed E-state index contributed by atoms with van der Waals surface area (Å²) in [6, 6.07) is 9.74. The first-order valence-corrected chi connectivity index (χ1v) is 8.07. The first kappa shape index (κ1) is 17.2. The van der Waals surface area contributed by atoms with E-state index in [1.54, 1.807) is 29.7 Å². The fourth-order valence-electron chi connectivity index (χ4n) is 3.17. The molecule has 1 N–H and O–H groups in total. The highest BCUT2D eigenvalue weighted by Crippen LogP contribution is 2.39. The van der Waals surface area contributed by atoms with Gasteiger partial charge in [0.25, 0.3) is 0 Å². The summed E-state index contributed by atoms with van der Waals surface area (Å²) in [5.41, 5.74) is 1.76. The Morgan fingerprint density at radius 2 is 2.07 bits per heavy atom. The minimum atomic E-state index is -4.61. The average Bonchev–Trinajstić information content (AvgIpc) is 3.25. The van der Waals surface area contributed by atoms with Gasteiger partial charge in [-0.2, -0.15) is 13.2 Å². The molecule has 6 nitrogen and oxygen atoms in total. The van der Waals surface area contributed by atoms with Gasteiger partial charge in [0.05, 0.1) is 22.9 Å². The van der Waals surface area contributed by atoms with E-state index in [1.807, 2.05) is 18.2 Å². The Labute approximate surface area is 151 Å². The number of benzene rings is 1. The molecule has 0 radical (unpaired) electrons. The molecule has 1 aromatic carbocycles. The molecule has 9 heteroatoms. The Morgan fingerprint density at radius 3 is 2.78 bits per heavy atom. The third-order valence-corrected chi connectivity index (χ3v) is 4.23. The maximum absolute atomic E-state index is 12.5. The first-order valence-electron chi connectivity index (χ1n) is 8.07. The molecular formula is C18H14F3N3O3. The lowest BCUT2D eigenvalue weighted by molar-refractivity contribution is -0.183. The summed E-state index contributed by atoms with van der Waals surface area (Å²) in [5.74, 6) is -0.219. The maximum atomic E-state index is 12.5. The van der Waals surface area contributed by atoms with E-state index in [1.165, 1.54) is 6.26 Å². The number of imidazole rings is 1. The second kappa shape index (κ2) is 6.19. The van der Waals surface area contributed by atoms with E-state index in [4.69, 9.17) is 4.42 Å². The monoisotopic (exact) mass is 377 g/mol. The van der Waals surface area contributed by atoms with Crippen LogP contribution in [0.15, 0.2) is 58.3 Å². The van der Waals surface area contributed by atoms with Crippen LogP contribution in [0.25, 0.3) is 11.0 Å². The molecule has 1 aliphatic rings. The van der Waals surface area contributed by atoms with Gasteiger partial charge in [-0.15, -0.1) is 0 Å². The van der Waals surface area contributed by atoms with E-state index in [2.05, 4.69) is 15.0 Å². The van der Waals surface area contributed by atoms with Crippen molar-refractivity contribution in [3.63, 3.8) is 0 Å². The van der Waals surface area contributed by atoms with Crippen molar-refractivity contribution in [2.75, 3.05) is 11.9 Å². The van der Waals surface area contributed by atoms with Crippen LogP contribution >= 0.6 is 0 Å². The number of anilines is 1. The molecule has 0 fully saturated rings.